The summed E-state index contributed by atoms with van der Waals surface area (Å²) in [6, 6.07) is 7.49. The number of benzene rings is 1. The largest absolute Gasteiger partial charge is 0.337 e. The van der Waals surface area contributed by atoms with Crippen LogP contribution in [0.5, 0.6) is 0 Å². The molecule has 1 saturated heterocycles. The maximum atomic E-state index is 12.6. The second-order valence-electron chi connectivity index (χ2n) is 6.14. The molecule has 118 valence electrons. The number of nitrogens with one attached hydrogen (secondary N) is 1. The zero-order chi connectivity index (χ0) is 15.7. The van der Waals surface area contributed by atoms with Crippen molar-refractivity contribution in [3.8, 4) is 0 Å². The number of hydrogen-bond donors (Lipinski definition) is 2. The van der Waals surface area contributed by atoms with Crippen molar-refractivity contribution in [2.24, 2.45) is 11.7 Å². The number of nitrogens with zero attached hydrogens (tertiary/aromatic N) is 2. The number of para-hydroxylation sites is 2. The second-order valence-corrected chi connectivity index (χ2v) is 6.14. The highest BCUT2D eigenvalue weighted by molar-refractivity contribution is 5.80. The van der Waals surface area contributed by atoms with Crippen LogP contribution in [0.4, 0.5) is 0 Å². The van der Waals surface area contributed by atoms with Gasteiger partial charge < -0.3 is 15.6 Å². The number of carbonyl (C=O) groups is 1. The number of H-pyrrole nitrogens is 1. The van der Waals surface area contributed by atoms with Crippen molar-refractivity contribution >= 4 is 16.9 Å². The number of piperidine rings is 1. The lowest BCUT2D eigenvalue weighted by Gasteiger charge is -2.38. The van der Waals surface area contributed by atoms with E-state index in [9.17, 15) is 9.59 Å². The molecule has 2 unspecified atom stereocenters. The van der Waals surface area contributed by atoms with Gasteiger partial charge in [0.1, 0.15) is 6.54 Å². The SMILES string of the molecule is CC1CCN(C(=O)Cn2c(=O)[nH]c3ccccc32)C(CN)C1. The van der Waals surface area contributed by atoms with E-state index in [0.29, 0.717) is 12.5 Å². The standard InChI is InChI=1S/C16H22N4O2/c1-11-6-7-19(12(8-11)9-17)15(21)10-20-14-5-3-2-4-13(14)18-16(20)22/h2-5,11-12H,6-10,17H2,1H3,(H,18,22). The van der Waals surface area contributed by atoms with Crippen molar-refractivity contribution in [2.45, 2.75) is 32.4 Å². The Morgan fingerprint density at radius 3 is 2.95 bits per heavy atom. The Morgan fingerprint density at radius 1 is 1.41 bits per heavy atom. The number of fused-ring (bicyclic) bond motifs is 1. The van der Waals surface area contributed by atoms with E-state index < -0.39 is 0 Å². The molecule has 1 aliphatic rings. The molecule has 1 fully saturated rings. The third-order valence-corrected chi connectivity index (χ3v) is 4.55. The molecule has 1 amide bonds. The van der Waals surface area contributed by atoms with Crippen LogP contribution in [0.1, 0.15) is 19.8 Å². The summed E-state index contributed by atoms with van der Waals surface area (Å²) in [4.78, 5) is 29.3. The fourth-order valence-electron chi connectivity index (χ4n) is 3.29. The molecule has 2 aromatic rings. The predicted molar refractivity (Wildman–Crippen MR) is 85.5 cm³/mol. The van der Waals surface area contributed by atoms with Gasteiger partial charge >= 0.3 is 5.69 Å². The Kier molecular flexibility index (Phi) is 4.02. The summed E-state index contributed by atoms with van der Waals surface area (Å²) in [5.74, 6) is 0.558. The van der Waals surface area contributed by atoms with Gasteiger partial charge in [0, 0.05) is 19.1 Å². The first-order chi connectivity index (χ1) is 10.6. The molecule has 1 aromatic carbocycles. The number of amides is 1. The van der Waals surface area contributed by atoms with Crippen molar-refractivity contribution in [2.75, 3.05) is 13.1 Å². The summed E-state index contributed by atoms with van der Waals surface area (Å²) in [5, 5.41) is 0. The molecule has 1 aromatic heterocycles. The molecule has 6 heteroatoms. The lowest BCUT2D eigenvalue weighted by atomic mass is 9.92. The maximum absolute atomic E-state index is 12.6. The summed E-state index contributed by atoms with van der Waals surface area (Å²) in [6.07, 6.45) is 1.93. The van der Waals surface area contributed by atoms with E-state index in [-0.39, 0.29) is 24.2 Å². The van der Waals surface area contributed by atoms with Crippen LogP contribution in [-0.4, -0.2) is 39.5 Å². The van der Waals surface area contributed by atoms with Crippen LogP contribution in [0, 0.1) is 5.92 Å². The lowest BCUT2D eigenvalue weighted by Crippen LogP contribution is -2.50. The molecule has 0 bridgehead atoms. The summed E-state index contributed by atoms with van der Waals surface area (Å²) in [6.45, 7) is 3.44. The highest BCUT2D eigenvalue weighted by Crippen LogP contribution is 2.22. The third-order valence-electron chi connectivity index (χ3n) is 4.55. The zero-order valence-corrected chi connectivity index (χ0v) is 12.8. The minimum Gasteiger partial charge on any atom is -0.337 e. The predicted octanol–water partition coefficient (Wildman–Crippen LogP) is 0.915. The minimum atomic E-state index is -0.246. The number of aromatic amines is 1. The summed E-state index contributed by atoms with van der Waals surface area (Å²) in [7, 11) is 0. The molecule has 3 N–H and O–H groups in total. The van der Waals surface area contributed by atoms with Crippen molar-refractivity contribution in [1.29, 1.82) is 0 Å². The number of hydrogen-bond acceptors (Lipinski definition) is 3. The van der Waals surface area contributed by atoms with E-state index in [1.54, 1.807) is 0 Å². The first-order valence-corrected chi connectivity index (χ1v) is 7.77. The molecular weight excluding hydrogens is 280 g/mol. The van der Waals surface area contributed by atoms with E-state index in [1.165, 1.54) is 4.57 Å². The Bertz CT molecular complexity index is 733. The molecule has 2 heterocycles. The number of nitrogens with two attached hydrogens (primary N) is 1. The molecule has 22 heavy (non-hydrogen) atoms. The second kappa shape index (κ2) is 5.96. The van der Waals surface area contributed by atoms with Crippen LogP contribution in [0.2, 0.25) is 0 Å². The van der Waals surface area contributed by atoms with Gasteiger partial charge in [0.15, 0.2) is 0 Å². The van der Waals surface area contributed by atoms with Gasteiger partial charge in [0.2, 0.25) is 5.91 Å². The highest BCUT2D eigenvalue weighted by Gasteiger charge is 2.29. The van der Waals surface area contributed by atoms with Crippen molar-refractivity contribution in [1.82, 2.24) is 14.5 Å². The van der Waals surface area contributed by atoms with E-state index >= 15 is 0 Å². The molecular formula is C16H22N4O2. The number of likely N-dealkylation sites (tertiary alicyclic amines) is 1. The molecule has 0 aliphatic carbocycles. The fourth-order valence-corrected chi connectivity index (χ4v) is 3.29. The van der Waals surface area contributed by atoms with E-state index in [4.69, 9.17) is 5.73 Å². The van der Waals surface area contributed by atoms with Gasteiger partial charge in [-0.2, -0.15) is 0 Å². The van der Waals surface area contributed by atoms with Gasteiger partial charge in [-0.1, -0.05) is 19.1 Å². The number of carbonyl (C=O) groups excluding carboxylic acids is 1. The Morgan fingerprint density at radius 2 is 2.18 bits per heavy atom. The van der Waals surface area contributed by atoms with E-state index in [0.717, 1.165) is 30.4 Å². The molecule has 0 saturated carbocycles. The van der Waals surface area contributed by atoms with Gasteiger partial charge in [-0.25, -0.2) is 4.79 Å². The topological polar surface area (TPSA) is 84.1 Å². The first-order valence-electron chi connectivity index (χ1n) is 7.77. The Hall–Kier alpha value is -2.08. The van der Waals surface area contributed by atoms with Gasteiger partial charge in [-0.15, -0.1) is 0 Å². The number of imidazole rings is 1. The van der Waals surface area contributed by atoms with Gasteiger partial charge in [0.25, 0.3) is 0 Å². The van der Waals surface area contributed by atoms with E-state index in [1.807, 2.05) is 29.2 Å². The fraction of sp³-hybridized carbons (Fsp3) is 0.500. The number of rotatable bonds is 3. The Balaban J connectivity index is 1.84. The summed E-state index contributed by atoms with van der Waals surface area (Å²) in [5.41, 5.74) is 7.09. The van der Waals surface area contributed by atoms with Crippen molar-refractivity contribution < 1.29 is 4.79 Å². The summed E-state index contributed by atoms with van der Waals surface area (Å²) < 4.78 is 1.50. The van der Waals surface area contributed by atoms with Crippen LogP contribution < -0.4 is 11.4 Å². The van der Waals surface area contributed by atoms with Gasteiger partial charge in [-0.05, 0) is 30.9 Å². The third kappa shape index (κ3) is 2.66. The number of aromatic nitrogens is 2. The Labute approximate surface area is 128 Å². The first kappa shape index (κ1) is 14.8. The van der Waals surface area contributed by atoms with Crippen LogP contribution in [-0.2, 0) is 11.3 Å². The summed E-state index contributed by atoms with van der Waals surface area (Å²) >= 11 is 0. The normalized spacial score (nSPS) is 22.2. The van der Waals surface area contributed by atoms with Crippen LogP contribution >= 0.6 is 0 Å². The van der Waals surface area contributed by atoms with Crippen LogP contribution in [0.15, 0.2) is 29.1 Å². The average Bonchev–Trinajstić information content (AvgIpc) is 2.83. The van der Waals surface area contributed by atoms with Crippen LogP contribution in [0.25, 0.3) is 11.0 Å². The quantitative estimate of drug-likeness (QED) is 0.884. The maximum Gasteiger partial charge on any atom is 0.326 e. The average molecular weight is 302 g/mol. The smallest absolute Gasteiger partial charge is 0.326 e. The van der Waals surface area contributed by atoms with Crippen molar-refractivity contribution in [3.05, 3.63) is 34.7 Å². The zero-order valence-electron chi connectivity index (χ0n) is 12.8. The lowest BCUT2D eigenvalue weighted by molar-refractivity contribution is -0.135. The van der Waals surface area contributed by atoms with E-state index in [2.05, 4.69) is 11.9 Å². The van der Waals surface area contributed by atoms with Gasteiger partial charge in [-0.3, -0.25) is 9.36 Å². The molecule has 2 atom stereocenters. The van der Waals surface area contributed by atoms with Gasteiger partial charge in [0.05, 0.1) is 11.0 Å². The molecule has 0 spiro atoms. The monoisotopic (exact) mass is 302 g/mol. The highest BCUT2D eigenvalue weighted by atomic mass is 16.2. The molecule has 0 radical (unpaired) electrons. The molecule has 1 aliphatic heterocycles. The van der Waals surface area contributed by atoms with Crippen molar-refractivity contribution in [3.63, 3.8) is 0 Å². The molecule has 3 rings (SSSR count). The molecule has 6 nitrogen and oxygen atoms in total. The minimum absolute atomic E-state index is 0.0331. The van der Waals surface area contributed by atoms with Crippen LogP contribution in [0.3, 0.4) is 0 Å².